The van der Waals surface area contributed by atoms with Crippen molar-refractivity contribution in [2.45, 2.75) is 18.4 Å². The molecule has 0 atom stereocenters. The lowest BCUT2D eigenvalue weighted by Crippen LogP contribution is -2.15. The Labute approximate surface area is 113 Å². The van der Waals surface area contributed by atoms with Crippen LogP contribution in [0.4, 0.5) is 14.6 Å². The van der Waals surface area contributed by atoms with Gasteiger partial charge in [-0.25, -0.2) is 8.42 Å². The van der Waals surface area contributed by atoms with Crippen molar-refractivity contribution in [3.05, 3.63) is 36.1 Å². The van der Waals surface area contributed by atoms with Crippen LogP contribution in [0.25, 0.3) is 0 Å². The van der Waals surface area contributed by atoms with Crippen molar-refractivity contribution in [3.8, 4) is 5.75 Å². The molecule has 108 valence electrons. The van der Waals surface area contributed by atoms with Crippen LogP contribution in [-0.2, 0) is 10.0 Å². The van der Waals surface area contributed by atoms with Crippen molar-refractivity contribution in [2.75, 3.05) is 4.72 Å². The van der Waals surface area contributed by atoms with Crippen LogP contribution < -0.4 is 9.46 Å². The molecule has 0 fully saturated rings. The molecule has 0 saturated heterocycles. The molecule has 2 rings (SSSR count). The molecule has 0 radical (unpaired) electrons. The van der Waals surface area contributed by atoms with E-state index in [2.05, 4.69) is 14.6 Å². The number of alkyl halides is 2. The topological polar surface area (TPSA) is 81.4 Å². The zero-order valence-corrected chi connectivity index (χ0v) is 11.0. The summed E-state index contributed by atoms with van der Waals surface area (Å²) in [4.78, 5) is -0.416. The van der Waals surface area contributed by atoms with E-state index in [0.29, 0.717) is 5.76 Å². The molecule has 0 bridgehead atoms. The van der Waals surface area contributed by atoms with Gasteiger partial charge >= 0.3 is 6.61 Å². The predicted molar refractivity (Wildman–Crippen MR) is 65.1 cm³/mol. The van der Waals surface area contributed by atoms with Gasteiger partial charge in [0.25, 0.3) is 10.0 Å². The lowest BCUT2D eigenvalue weighted by molar-refractivity contribution is -0.0517. The minimum absolute atomic E-state index is 0.0469. The summed E-state index contributed by atoms with van der Waals surface area (Å²) in [5, 5.41) is 3.46. The van der Waals surface area contributed by atoms with E-state index in [1.165, 1.54) is 18.2 Å². The first-order valence-electron chi connectivity index (χ1n) is 5.38. The highest BCUT2D eigenvalue weighted by Gasteiger charge is 2.22. The fourth-order valence-corrected chi connectivity index (χ4v) is 2.59. The standard InChI is InChI=1S/C11H10F2N2O4S/c1-7-6-10(14-19-7)15-20(16,17)9-5-3-2-4-8(9)18-11(12)13/h2-6,11H,1H3,(H,14,15). The van der Waals surface area contributed by atoms with Crippen LogP contribution in [0.5, 0.6) is 5.75 Å². The second kappa shape index (κ2) is 5.45. The minimum Gasteiger partial charge on any atom is -0.433 e. The fraction of sp³-hybridized carbons (Fsp3) is 0.182. The third-order valence-electron chi connectivity index (χ3n) is 2.22. The molecular weight excluding hydrogens is 294 g/mol. The molecule has 1 N–H and O–H groups in total. The Morgan fingerprint density at radius 2 is 2.05 bits per heavy atom. The molecular formula is C11H10F2N2O4S. The summed E-state index contributed by atoms with van der Waals surface area (Å²) >= 11 is 0. The van der Waals surface area contributed by atoms with Gasteiger partial charge in [0, 0.05) is 6.07 Å². The van der Waals surface area contributed by atoms with E-state index in [0.717, 1.165) is 12.1 Å². The highest BCUT2D eigenvalue weighted by Crippen LogP contribution is 2.26. The summed E-state index contributed by atoms with van der Waals surface area (Å²) in [6, 6.07) is 6.41. The van der Waals surface area contributed by atoms with E-state index in [4.69, 9.17) is 4.52 Å². The maximum Gasteiger partial charge on any atom is 0.387 e. The maximum atomic E-state index is 12.3. The number of aromatic nitrogens is 1. The Morgan fingerprint density at radius 1 is 1.35 bits per heavy atom. The first-order valence-corrected chi connectivity index (χ1v) is 6.87. The third kappa shape index (κ3) is 3.23. The molecule has 1 heterocycles. The zero-order valence-electron chi connectivity index (χ0n) is 10.2. The average Bonchev–Trinajstić information content (AvgIpc) is 2.73. The number of sulfonamides is 1. The van der Waals surface area contributed by atoms with Crippen molar-refractivity contribution in [1.29, 1.82) is 0 Å². The second-order valence-corrected chi connectivity index (χ2v) is 5.40. The van der Waals surface area contributed by atoms with Gasteiger partial charge in [-0.15, -0.1) is 0 Å². The summed E-state index contributed by atoms with van der Waals surface area (Å²) in [5.74, 6) is -0.0932. The van der Waals surface area contributed by atoms with Gasteiger partial charge in [0.1, 0.15) is 16.4 Å². The van der Waals surface area contributed by atoms with Gasteiger partial charge < -0.3 is 9.26 Å². The molecule has 0 saturated carbocycles. The number of para-hydroxylation sites is 1. The summed E-state index contributed by atoms with van der Waals surface area (Å²) < 4.78 is 59.7. The van der Waals surface area contributed by atoms with Gasteiger partial charge in [-0.3, -0.25) is 4.72 Å². The van der Waals surface area contributed by atoms with E-state index < -0.39 is 27.3 Å². The summed E-state index contributed by atoms with van der Waals surface area (Å²) in [6.45, 7) is -1.54. The van der Waals surface area contributed by atoms with Crippen LogP contribution in [0, 0.1) is 6.92 Å². The molecule has 0 amide bonds. The van der Waals surface area contributed by atoms with Crippen molar-refractivity contribution in [2.24, 2.45) is 0 Å². The number of rotatable bonds is 5. The van der Waals surface area contributed by atoms with Gasteiger partial charge in [0.05, 0.1) is 0 Å². The SMILES string of the molecule is Cc1cc(NS(=O)(=O)c2ccccc2OC(F)F)no1. The van der Waals surface area contributed by atoms with Crippen LogP contribution >= 0.6 is 0 Å². The third-order valence-corrected chi connectivity index (χ3v) is 3.62. The van der Waals surface area contributed by atoms with Gasteiger partial charge in [0.2, 0.25) is 0 Å². The van der Waals surface area contributed by atoms with E-state index in [-0.39, 0.29) is 5.82 Å². The van der Waals surface area contributed by atoms with Crippen LogP contribution in [0.3, 0.4) is 0 Å². The molecule has 0 unspecified atom stereocenters. The molecule has 0 aliphatic heterocycles. The van der Waals surface area contributed by atoms with Crippen molar-refractivity contribution in [3.63, 3.8) is 0 Å². The Bertz CT molecular complexity index is 700. The summed E-state index contributed by atoms with van der Waals surface area (Å²) in [5.41, 5.74) is 0. The molecule has 1 aromatic heterocycles. The molecule has 20 heavy (non-hydrogen) atoms. The Morgan fingerprint density at radius 3 is 2.65 bits per heavy atom. The molecule has 0 spiro atoms. The summed E-state index contributed by atoms with van der Waals surface area (Å²) in [7, 11) is -4.11. The monoisotopic (exact) mass is 304 g/mol. The molecule has 6 nitrogen and oxygen atoms in total. The molecule has 0 aliphatic carbocycles. The summed E-state index contributed by atoms with van der Waals surface area (Å²) in [6.07, 6.45) is 0. The zero-order chi connectivity index (χ0) is 14.8. The Hall–Kier alpha value is -2.16. The molecule has 9 heteroatoms. The van der Waals surface area contributed by atoms with Gasteiger partial charge in [-0.2, -0.15) is 8.78 Å². The quantitative estimate of drug-likeness (QED) is 0.917. The number of ether oxygens (including phenoxy) is 1. The van der Waals surface area contributed by atoms with E-state index in [9.17, 15) is 17.2 Å². The number of halogens is 2. The fourth-order valence-electron chi connectivity index (χ4n) is 1.47. The van der Waals surface area contributed by atoms with Gasteiger partial charge in [0.15, 0.2) is 5.82 Å². The largest absolute Gasteiger partial charge is 0.433 e. The Balaban J connectivity index is 2.34. The number of nitrogens with one attached hydrogen (secondary N) is 1. The maximum absolute atomic E-state index is 12.3. The van der Waals surface area contributed by atoms with E-state index >= 15 is 0 Å². The Kier molecular flexibility index (Phi) is 3.89. The van der Waals surface area contributed by atoms with Crippen molar-refractivity contribution >= 4 is 15.8 Å². The molecule has 0 aliphatic rings. The molecule has 2 aromatic rings. The van der Waals surface area contributed by atoms with Crippen LogP contribution in [0.2, 0.25) is 0 Å². The van der Waals surface area contributed by atoms with Gasteiger partial charge in [-0.1, -0.05) is 17.3 Å². The lowest BCUT2D eigenvalue weighted by Gasteiger charge is -2.11. The van der Waals surface area contributed by atoms with Crippen molar-refractivity contribution in [1.82, 2.24) is 5.16 Å². The second-order valence-electron chi connectivity index (χ2n) is 3.75. The van der Waals surface area contributed by atoms with Crippen LogP contribution in [0.1, 0.15) is 5.76 Å². The number of hydrogen-bond acceptors (Lipinski definition) is 5. The smallest absolute Gasteiger partial charge is 0.387 e. The normalized spacial score (nSPS) is 11.6. The van der Waals surface area contributed by atoms with Crippen LogP contribution in [0.15, 0.2) is 39.8 Å². The predicted octanol–water partition coefficient (Wildman–Crippen LogP) is 2.39. The average molecular weight is 304 g/mol. The highest BCUT2D eigenvalue weighted by molar-refractivity contribution is 7.92. The highest BCUT2D eigenvalue weighted by atomic mass is 32.2. The van der Waals surface area contributed by atoms with Crippen LogP contribution in [-0.4, -0.2) is 20.2 Å². The number of hydrogen-bond donors (Lipinski definition) is 1. The number of nitrogens with zero attached hydrogens (tertiary/aromatic N) is 1. The van der Waals surface area contributed by atoms with E-state index in [1.54, 1.807) is 6.92 Å². The first-order chi connectivity index (χ1) is 9.38. The molecule has 1 aromatic carbocycles. The number of aryl methyl sites for hydroxylation is 1. The first kappa shape index (κ1) is 14.3. The number of anilines is 1. The minimum atomic E-state index is -4.11. The number of benzene rings is 1. The van der Waals surface area contributed by atoms with E-state index in [1.807, 2.05) is 0 Å². The van der Waals surface area contributed by atoms with Crippen molar-refractivity contribution < 1.29 is 26.5 Å². The lowest BCUT2D eigenvalue weighted by atomic mass is 10.3. The van der Waals surface area contributed by atoms with Gasteiger partial charge in [-0.05, 0) is 19.1 Å².